The van der Waals surface area contributed by atoms with Gasteiger partial charge in [0.2, 0.25) is 0 Å². The van der Waals surface area contributed by atoms with Gasteiger partial charge in [-0.2, -0.15) is 0 Å². The van der Waals surface area contributed by atoms with Crippen molar-refractivity contribution in [2.75, 3.05) is 7.11 Å². The normalized spacial score (nSPS) is 11.6. The van der Waals surface area contributed by atoms with E-state index in [-0.39, 0.29) is 11.3 Å². The molecule has 0 spiro atoms. The standard InChI is InChI=1S/C11H12O5/c1-7(11(13)14)16-10-8(6-12)4-3-5-9(10)15-2/h3-7H,1-2H3,(H,13,14)/t7-/m1/s1. The van der Waals surface area contributed by atoms with E-state index >= 15 is 0 Å². The Kier molecular flexibility index (Phi) is 3.88. The second-order valence-corrected chi connectivity index (χ2v) is 3.09. The lowest BCUT2D eigenvalue weighted by atomic mass is 10.2. The maximum Gasteiger partial charge on any atom is 0.344 e. The molecule has 5 heteroatoms. The molecule has 1 N–H and O–H groups in total. The summed E-state index contributed by atoms with van der Waals surface area (Å²) >= 11 is 0. The molecule has 0 saturated heterocycles. The molecule has 5 nitrogen and oxygen atoms in total. The first kappa shape index (κ1) is 12.0. The van der Waals surface area contributed by atoms with Crippen LogP contribution in [-0.4, -0.2) is 30.6 Å². The van der Waals surface area contributed by atoms with Crippen LogP contribution in [-0.2, 0) is 4.79 Å². The van der Waals surface area contributed by atoms with Gasteiger partial charge in [0, 0.05) is 0 Å². The van der Waals surface area contributed by atoms with Gasteiger partial charge < -0.3 is 14.6 Å². The summed E-state index contributed by atoms with van der Waals surface area (Å²) in [4.78, 5) is 21.4. The van der Waals surface area contributed by atoms with E-state index in [1.165, 1.54) is 20.1 Å². The molecular weight excluding hydrogens is 212 g/mol. The van der Waals surface area contributed by atoms with Crippen molar-refractivity contribution in [2.45, 2.75) is 13.0 Å². The fourth-order valence-electron chi connectivity index (χ4n) is 1.14. The van der Waals surface area contributed by atoms with Crippen molar-refractivity contribution in [1.29, 1.82) is 0 Å². The number of benzene rings is 1. The van der Waals surface area contributed by atoms with E-state index in [4.69, 9.17) is 14.6 Å². The van der Waals surface area contributed by atoms with Crippen molar-refractivity contribution in [2.24, 2.45) is 0 Å². The van der Waals surface area contributed by atoms with E-state index in [0.717, 1.165) is 0 Å². The highest BCUT2D eigenvalue weighted by atomic mass is 16.5. The predicted molar refractivity (Wildman–Crippen MR) is 56.1 cm³/mol. The summed E-state index contributed by atoms with van der Waals surface area (Å²) in [6.07, 6.45) is -0.457. The Morgan fingerprint density at radius 3 is 2.69 bits per heavy atom. The van der Waals surface area contributed by atoms with Gasteiger partial charge in [-0.05, 0) is 19.1 Å². The van der Waals surface area contributed by atoms with Gasteiger partial charge >= 0.3 is 5.97 Å². The minimum Gasteiger partial charge on any atom is -0.493 e. The SMILES string of the molecule is COc1cccc(C=O)c1O[C@H](C)C(=O)O. The summed E-state index contributed by atoms with van der Waals surface area (Å²) in [5.41, 5.74) is 0.257. The van der Waals surface area contributed by atoms with Crippen LogP contribution >= 0.6 is 0 Å². The number of para-hydroxylation sites is 1. The minimum atomic E-state index is -1.11. The average Bonchev–Trinajstić information content (AvgIpc) is 2.29. The summed E-state index contributed by atoms with van der Waals surface area (Å²) in [6.45, 7) is 1.38. The number of ether oxygens (including phenoxy) is 2. The number of hydrogen-bond acceptors (Lipinski definition) is 4. The zero-order chi connectivity index (χ0) is 12.1. The number of carboxylic acid groups (broad SMARTS) is 1. The summed E-state index contributed by atoms with van der Waals surface area (Å²) in [5, 5.41) is 8.72. The molecule has 1 atom stereocenters. The highest BCUT2D eigenvalue weighted by Gasteiger charge is 2.17. The molecule has 0 heterocycles. The van der Waals surface area contributed by atoms with Crippen LogP contribution in [0.1, 0.15) is 17.3 Å². The summed E-state index contributed by atoms with van der Waals surface area (Å²) in [5.74, 6) is -0.629. The predicted octanol–water partition coefficient (Wildman–Crippen LogP) is 1.36. The molecule has 0 unspecified atom stereocenters. The number of carboxylic acids is 1. The Labute approximate surface area is 92.6 Å². The van der Waals surface area contributed by atoms with E-state index in [0.29, 0.717) is 12.0 Å². The number of aldehydes is 1. The van der Waals surface area contributed by atoms with Crippen LogP contribution in [0.5, 0.6) is 11.5 Å². The van der Waals surface area contributed by atoms with E-state index in [2.05, 4.69) is 0 Å². The molecule has 0 radical (unpaired) electrons. The van der Waals surface area contributed by atoms with Gasteiger partial charge in [0.25, 0.3) is 0 Å². The van der Waals surface area contributed by atoms with Crippen LogP contribution in [0.15, 0.2) is 18.2 Å². The van der Waals surface area contributed by atoms with E-state index in [1.54, 1.807) is 12.1 Å². The third-order valence-electron chi connectivity index (χ3n) is 2.00. The molecule has 0 aliphatic rings. The van der Waals surface area contributed by atoms with E-state index in [1.807, 2.05) is 0 Å². The first-order chi connectivity index (χ1) is 7.60. The summed E-state index contributed by atoms with van der Waals surface area (Å²) < 4.78 is 10.2. The van der Waals surface area contributed by atoms with E-state index < -0.39 is 12.1 Å². The fraction of sp³-hybridized carbons (Fsp3) is 0.273. The monoisotopic (exact) mass is 224 g/mol. The number of carbonyl (C=O) groups is 2. The topological polar surface area (TPSA) is 72.8 Å². The first-order valence-electron chi connectivity index (χ1n) is 4.61. The van der Waals surface area contributed by atoms with Crippen LogP contribution < -0.4 is 9.47 Å². The lowest BCUT2D eigenvalue weighted by Gasteiger charge is -2.15. The Hall–Kier alpha value is -2.04. The Bertz CT molecular complexity index is 399. The summed E-state index contributed by atoms with van der Waals surface area (Å²) in [6, 6.07) is 4.75. The number of methoxy groups -OCH3 is 1. The highest BCUT2D eigenvalue weighted by Crippen LogP contribution is 2.30. The Morgan fingerprint density at radius 2 is 2.19 bits per heavy atom. The van der Waals surface area contributed by atoms with Crippen LogP contribution in [0.25, 0.3) is 0 Å². The molecule has 1 rings (SSSR count). The largest absolute Gasteiger partial charge is 0.493 e. The van der Waals surface area contributed by atoms with Gasteiger partial charge in [-0.3, -0.25) is 4.79 Å². The number of hydrogen-bond donors (Lipinski definition) is 1. The fourth-order valence-corrected chi connectivity index (χ4v) is 1.14. The second-order valence-electron chi connectivity index (χ2n) is 3.09. The van der Waals surface area contributed by atoms with Crippen molar-refractivity contribution >= 4 is 12.3 Å². The lowest BCUT2D eigenvalue weighted by molar-refractivity contribution is -0.144. The van der Waals surface area contributed by atoms with E-state index in [9.17, 15) is 9.59 Å². The molecule has 0 aromatic heterocycles. The maximum absolute atomic E-state index is 10.8. The van der Waals surface area contributed by atoms with Gasteiger partial charge in [-0.1, -0.05) is 6.07 Å². The van der Waals surface area contributed by atoms with Crippen molar-refractivity contribution in [3.63, 3.8) is 0 Å². The zero-order valence-electron chi connectivity index (χ0n) is 8.97. The number of carbonyl (C=O) groups excluding carboxylic acids is 1. The lowest BCUT2D eigenvalue weighted by Crippen LogP contribution is -2.23. The smallest absolute Gasteiger partial charge is 0.344 e. The third-order valence-corrected chi connectivity index (χ3v) is 2.00. The molecule has 0 bridgehead atoms. The van der Waals surface area contributed by atoms with Gasteiger partial charge in [0.15, 0.2) is 23.9 Å². The quantitative estimate of drug-likeness (QED) is 0.764. The molecule has 16 heavy (non-hydrogen) atoms. The van der Waals surface area contributed by atoms with Gasteiger partial charge in [-0.15, -0.1) is 0 Å². The summed E-state index contributed by atoms with van der Waals surface area (Å²) in [7, 11) is 1.42. The van der Waals surface area contributed by atoms with Gasteiger partial charge in [0.05, 0.1) is 12.7 Å². The van der Waals surface area contributed by atoms with Crippen LogP contribution in [0.3, 0.4) is 0 Å². The molecule has 0 aliphatic heterocycles. The van der Waals surface area contributed by atoms with Gasteiger partial charge in [0.1, 0.15) is 0 Å². The molecule has 0 saturated carbocycles. The molecule has 0 fully saturated rings. The minimum absolute atomic E-state index is 0.148. The van der Waals surface area contributed by atoms with Crippen molar-refractivity contribution < 1.29 is 24.2 Å². The van der Waals surface area contributed by atoms with Crippen LogP contribution in [0, 0.1) is 0 Å². The number of rotatable bonds is 5. The van der Waals surface area contributed by atoms with Crippen LogP contribution in [0.2, 0.25) is 0 Å². The van der Waals surface area contributed by atoms with Crippen molar-refractivity contribution in [1.82, 2.24) is 0 Å². The van der Waals surface area contributed by atoms with Gasteiger partial charge in [-0.25, -0.2) is 4.79 Å². The molecular formula is C11H12O5. The number of aliphatic carboxylic acids is 1. The molecule has 86 valence electrons. The maximum atomic E-state index is 10.8. The molecule has 0 amide bonds. The highest BCUT2D eigenvalue weighted by molar-refractivity contribution is 5.82. The van der Waals surface area contributed by atoms with Crippen LogP contribution in [0.4, 0.5) is 0 Å². The zero-order valence-corrected chi connectivity index (χ0v) is 8.97. The molecule has 0 aliphatic carbocycles. The first-order valence-corrected chi connectivity index (χ1v) is 4.61. The van der Waals surface area contributed by atoms with Crippen molar-refractivity contribution in [3.05, 3.63) is 23.8 Å². The Balaban J connectivity index is 3.08. The second kappa shape index (κ2) is 5.16. The third kappa shape index (κ3) is 2.50. The Morgan fingerprint density at radius 1 is 1.50 bits per heavy atom. The average molecular weight is 224 g/mol. The van der Waals surface area contributed by atoms with Crippen molar-refractivity contribution in [3.8, 4) is 11.5 Å². The molecule has 1 aromatic carbocycles. The molecule has 1 aromatic rings.